The minimum Gasteiger partial charge on any atom is -0.350 e. The van der Waals surface area contributed by atoms with Gasteiger partial charge in [0.05, 0.1) is 16.8 Å². The number of halogens is 3. The molecule has 0 aliphatic carbocycles. The number of aryl methyl sites for hydroxylation is 1. The van der Waals surface area contributed by atoms with Crippen molar-refractivity contribution in [3.05, 3.63) is 52.8 Å². The second-order valence-electron chi connectivity index (χ2n) is 5.76. The van der Waals surface area contributed by atoms with Crippen molar-refractivity contribution in [3.8, 4) is 5.69 Å². The molecular weight excluding hydrogens is 305 g/mol. The molecule has 1 heterocycles. The topological polar surface area (TPSA) is 34.0 Å². The summed E-state index contributed by atoms with van der Waals surface area (Å²) < 4.78 is 41.2. The molecule has 1 aromatic carbocycles. The third-order valence-electron chi connectivity index (χ3n) is 3.55. The zero-order valence-electron chi connectivity index (χ0n) is 13.5. The van der Waals surface area contributed by atoms with Gasteiger partial charge >= 0.3 is 6.18 Å². The van der Waals surface area contributed by atoms with Crippen molar-refractivity contribution in [2.24, 2.45) is 0 Å². The Balaban J connectivity index is 2.59. The van der Waals surface area contributed by atoms with E-state index in [1.54, 1.807) is 26.0 Å². The Labute approximate surface area is 133 Å². The third-order valence-corrected chi connectivity index (χ3v) is 3.55. The number of para-hydroxylation sites is 1. The molecule has 0 bridgehead atoms. The van der Waals surface area contributed by atoms with Crippen molar-refractivity contribution in [2.75, 3.05) is 0 Å². The number of benzene rings is 1. The Kier molecular flexibility index (Phi) is 4.54. The average Bonchev–Trinajstić information content (AvgIpc) is 2.72. The smallest absolute Gasteiger partial charge is 0.350 e. The summed E-state index contributed by atoms with van der Waals surface area (Å²) in [6.45, 7) is 6.99. The Morgan fingerprint density at radius 3 is 2.35 bits per heavy atom. The third kappa shape index (κ3) is 3.41. The van der Waals surface area contributed by atoms with E-state index in [-0.39, 0.29) is 17.6 Å². The minimum atomic E-state index is -4.46. The first-order valence-corrected chi connectivity index (χ1v) is 7.29. The largest absolute Gasteiger partial charge is 0.418 e. The van der Waals surface area contributed by atoms with Crippen LogP contribution in [0.2, 0.25) is 0 Å². The standard InChI is InChI=1S/C17H19F3N2O/c1-10(2)21-16(23)13-9-11(3)22(12(13)4)15-8-6-5-7-14(15)17(18,19)20/h5-10H,1-4H3,(H,21,23). The monoisotopic (exact) mass is 324 g/mol. The lowest BCUT2D eigenvalue weighted by molar-refractivity contribution is -0.137. The van der Waals surface area contributed by atoms with Gasteiger partial charge in [-0.25, -0.2) is 0 Å². The van der Waals surface area contributed by atoms with Crippen LogP contribution in [0.3, 0.4) is 0 Å². The van der Waals surface area contributed by atoms with Crippen molar-refractivity contribution in [1.29, 1.82) is 0 Å². The van der Waals surface area contributed by atoms with Gasteiger partial charge in [-0.2, -0.15) is 13.2 Å². The maximum atomic E-state index is 13.2. The van der Waals surface area contributed by atoms with E-state index in [0.29, 0.717) is 17.0 Å². The van der Waals surface area contributed by atoms with E-state index in [9.17, 15) is 18.0 Å². The lowest BCUT2D eigenvalue weighted by Crippen LogP contribution is -2.30. The highest BCUT2D eigenvalue weighted by atomic mass is 19.4. The summed E-state index contributed by atoms with van der Waals surface area (Å²) in [5.41, 5.74) is 0.745. The number of hydrogen-bond donors (Lipinski definition) is 1. The summed E-state index contributed by atoms with van der Waals surface area (Å²) in [6.07, 6.45) is -4.46. The van der Waals surface area contributed by atoms with Crippen LogP contribution in [0.1, 0.15) is 41.2 Å². The van der Waals surface area contributed by atoms with Gasteiger partial charge in [-0.05, 0) is 45.9 Å². The molecule has 0 atom stereocenters. The summed E-state index contributed by atoms with van der Waals surface area (Å²) in [5, 5.41) is 2.76. The highest BCUT2D eigenvalue weighted by Gasteiger charge is 2.34. The highest BCUT2D eigenvalue weighted by molar-refractivity contribution is 5.96. The molecule has 2 rings (SSSR count). The van der Waals surface area contributed by atoms with Gasteiger partial charge in [-0.15, -0.1) is 0 Å². The predicted molar refractivity (Wildman–Crippen MR) is 82.8 cm³/mol. The number of alkyl halides is 3. The Morgan fingerprint density at radius 1 is 1.17 bits per heavy atom. The predicted octanol–water partition coefficient (Wildman–Crippen LogP) is 4.25. The minimum absolute atomic E-state index is 0.0265. The van der Waals surface area contributed by atoms with Gasteiger partial charge in [0.2, 0.25) is 0 Å². The van der Waals surface area contributed by atoms with Crippen LogP contribution in [-0.4, -0.2) is 16.5 Å². The zero-order valence-corrected chi connectivity index (χ0v) is 13.5. The number of nitrogens with zero attached hydrogens (tertiary/aromatic N) is 1. The molecule has 0 aliphatic heterocycles. The van der Waals surface area contributed by atoms with Crippen LogP contribution in [0.15, 0.2) is 30.3 Å². The van der Waals surface area contributed by atoms with Crippen LogP contribution in [-0.2, 0) is 6.18 Å². The SMILES string of the molecule is Cc1cc(C(=O)NC(C)C)c(C)n1-c1ccccc1C(F)(F)F. The van der Waals surface area contributed by atoms with Gasteiger partial charge in [0, 0.05) is 17.4 Å². The van der Waals surface area contributed by atoms with Crippen molar-refractivity contribution in [3.63, 3.8) is 0 Å². The fourth-order valence-electron chi connectivity index (χ4n) is 2.61. The first kappa shape index (κ1) is 17.1. The lowest BCUT2D eigenvalue weighted by atomic mass is 10.1. The number of carbonyl (C=O) groups excluding carboxylic acids is 1. The molecule has 3 nitrogen and oxygen atoms in total. The van der Waals surface area contributed by atoms with Gasteiger partial charge in [-0.1, -0.05) is 12.1 Å². The molecule has 6 heteroatoms. The molecule has 124 valence electrons. The van der Waals surface area contributed by atoms with Crippen molar-refractivity contribution in [1.82, 2.24) is 9.88 Å². The number of amides is 1. The molecule has 2 aromatic rings. The van der Waals surface area contributed by atoms with Gasteiger partial charge in [0.1, 0.15) is 0 Å². The van der Waals surface area contributed by atoms with E-state index < -0.39 is 11.7 Å². The second kappa shape index (κ2) is 6.10. The molecule has 0 aliphatic rings. The molecule has 0 radical (unpaired) electrons. The van der Waals surface area contributed by atoms with Crippen LogP contribution < -0.4 is 5.32 Å². The summed E-state index contributed by atoms with van der Waals surface area (Å²) in [5.74, 6) is -0.288. The quantitative estimate of drug-likeness (QED) is 0.900. The molecule has 1 aromatic heterocycles. The number of hydrogen-bond acceptors (Lipinski definition) is 1. The zero-order chi connectivity index (χ0) is 17.4. The van der Waals surface area contributed by atoms with E-state index in [2.05, 4.69) is 5.32 Å². The van der Waals surface area contributed by atoms with Gasteiger partial charge in [0.15, 0.2) is 0 Å². The van der Waals surface area contributed by atoms with Gasteiger partial charge < -0.3 is 9.88 Å². The van der Waals surface area contributed by atoms with Crippen LogP contribution >= 0.6 is 0 Å². The van der Waals surface area contributed by atoms with Gasteiger partial charge in [0.25, 0.3) is 5.91 Å². The Hall–Kier alpha value is -2.24. The molecule has 0 saturated carbocycles. The van der Waals surface area contributed by atoms with Gasteiger partial charge in [-0.3, -0.25) is 4.79 Å². The first-order valence-electron chi connectivity index (χ1n) is 7.29. The molecule has 23 heavy (non-hydrogen) atoms. The van der Waals surface area contributed by atoms with Crippen LogP contribution in [0.4, 0.5) is 13.2 Å². The fourth-order valence-corrected chi connectivity index (χ4v) is 2.61. The molecule has 0 saturated heterocycles. The van der Waals surface area contributed by atoms with Crippen molar-refractivity contribution >= 4 is 5.91 Å². The molecule has 1 N–H and O–H groups in total. The van der Waals surface area contributed by atoms with E-state index in [1.165, 1.54) is 16.7 Å². The molecule has 0 fully saturated rings. The number of rotatable bonds is 3. The fraction of sp³-hybridized carbons (Fsp3) is 0.353. The Bertz CT molecular complexity index is 730. The van der Waals surface area contributed by atoms with Crippen LogP contribution in [0.25, 0.3) is 5.69 Å². The number of nitrogens with one attached hydrogen (secondary N) is 1. The molecule has 0 spiro atoms. The first-order chi connectivity index (χ1) is 10.6. The van der Waals surface area contributed by atoms with E-state index in [1.807, 2.05) is 13.8 Å². The van der Waals surface area contributed by atoms with Crippen LogP contribution in [0.5, 0.6) is 0 Å². The second-order valence-corrected chi connectivity index (χ2v) is 5.76. The summed E-state index contributed by atoms with van der Waals surface area (Å²) in [6, 6.07) is 6.92. The molecular formula is C17H19F3N2O. The molecule has 0 unspecified atom stereocenters. The maximum absolute atomic E-state index is 13.2. The molecule has 1 amide bonds. The van der Waals surface area contributed by atoms with Crippen molar-refractivity contribution in [2.45, 2.75) is 39.9 Å². The maximum Gasteiger partial charge on any atom is 0.418 e. The number of aromatic nitrogens is 1. The number of carbonyl (C=O) groups is 1. The summed E-state index contributed by atoms with van der Waals surface area (Å²) in [4.78, 5) is 12.2. The van der Waals surface area contributed by atoms with E-state index in [0.717, 1.165) is 6.07 Å². The van der Waals surface area contributed by atoms with Crippen LogP contribution in [0, 0.1) is 13.8 Å². The van der Waals surface area contributed by atoms with E-state index in [4.69, 9.17) is 0 Å². The summed E-state index contributed by atoms with van der Waals surface area (Å²) >= 11 is 0. The summed E-state index contributed by atoms with van der Waals surface area (Å²) in [7, 11) is 0. The van der Waals surface area contributed by atoms with E-state index >= 15 is 0 Å². The average molecular weight is 324 g/mol. The Morgan fingerprint density at radius 2 is 1.78 bits per heavy atom. The highest BCUT2D eigenvalue weighted by Crippen LogP contribution is 2.35. The van der Waals surface area contributed by atoms with Crippen molar-refractivity contribution < 1.29 is 18.0 Å². The normalized spacial score (nSPS) is 11.8. The lowest BCUT2D eigenvalue weighted by Gasteiger charge is -2.17.